The Morgan fingerprint density at radius 2 is 2.42 bits per heavy atom. The molecule has 2 aliphatic heterocycles. The molecule has 1 aromatic rings. The monoisotopic (exact) mass is 281 g/mol. The second-order valence-electron chi connectivity index (χ2n) is 4.76. The largest absolute Gasteiger partial charge is 0.377 e. The molecular formula is C13H16ClN3O2. The minimum atomic E-state index is 0.0804. The summed E-state index contributed by atoms with van der Waals surface area (Å²) >= 11 is 6.06. The molecule has 3 rings (SSSR count). The molecule has 6 heteroatoms. The van der Waals surface area contributed by atoms with E-state index in [0.717, 1.165) is 12.2 Å². The second kappa shape index (κ2) is 4.98. The molecule has 0 unspecified atom stereocenters. The third kappa shape index (κ3) is 2.17. The number of carbonyl (C=O) groups is 1. The lowest BCUT2D eigenvalue weighted by Crippen LogP contribution is -2.46. The molecule has 1 atom stereocenters. The summed E-state index contributed by atoms with van der Waals surface area (Å²) in [6.45, 7) is 4.59. The molecule has 0 aromatic carbocycles. The number of anilines is 2. The first-order valence-corrected chi connectivity index (χ1v) is 6.88. The van der Waals surface area contributed by atoms with Crippen molar-refractivity contribution in [3.05, 3.63) is 17.3 Å². The van der Waals surface area contributed by atoms with E-state index in [0.29, 0.717) is 37.0 Å². The first kappa shape index (κ1) is 12.7. The van der Waals surface area contributed by atoms with Gasteiger partial charge in [-0.2, -0.15) is 0 Å². The molecule has 0 N–H and O–H groups in total. The van der Waals surface area contributed by atoms with E-state index in [-0.39, 0.29) is 11.9 Å². The van der Waals surface area contributed by atoms with Crippen molar-refractivity contribution in [2.24, 2.45) is 0 Å². The van der Waals surface area contributed by atoms with Gasteiger partial charge in [-0.3, -0.25) is 9.69 Å². The van der Waals surface area contributed by atoms with Crippen LogP contribution in [0.1, 0.15) is 13.3 Å². The summed E-state index contributed by atoms with van der Waals surface area (Å²) in [6.07, 6.45) is 2.05. The van der Waals surface area contributed by atoms with Crippen LogP contribution < -0.4 is 9.80 Å². The van der Waals surface area contributed by atoms with Crippen LogP contribution in [0.3, 0.4) is 0 Å². The minimum absolute atomic E-state index is 0.0804. The molecular weight excluding hydrogens is 266 g/mol. The summed E-state index contributed by atoms with van der Waals surface area (Å²) in [5, 5.41) is 0.592. The number of hydrogen-bond acceptors (Lipinski definition) is 4. The molecule has 1 fully saturated rings. The number of pyridine rings is 1. The van der Waals surface area contributed by atoms with E-state index >= 15 is 0 Å². The van der Waals surface area contributed by atoms with Crippen molar-refractivity contribution >= 4 is 29.0 Å². The summed E-state index contributed by atoms with van der Waals surface area (Å²) in [7, 11) is 0. The van der Waals surface area contributed by atoms with Crippen LogP contribution in [0.2, 0.25) is 5.02 Å². The third-order valence-corrected chi connectivity index (χ3v) is 3.84. The molecule has 1 aromatic heterocycles. The lowest BCUT2D eigenvalue weighted by molar-refractivity contribution is -0.119. The Hall–Kier alpha value is -1.33. The van der Waals surface area contributed by atoms with Crippen LogP contribution in [-0.2, 0) is 9.53 Å². The highest BCUT2D eigenvalue weighted by Crippen LogP contribution is 2.35. The minimum Gasteiger partial charge on any atom is -0.377 e. The molecule has 0 radical (unpaired) electrons. The maximum absolute atomic E-state index is 12.3. The molecule has 0 bridgehead atoms. The zero-order chi connectivity index (χ0) is 13.4. The number of morpholine rings is 1. The number of fused-ring (bicyclic) bond motifs is 3. The molecule has 19 heavy (non-hydrogen) atoms. The first-order chi connectivity index (χ1) is 9.20. The van der Waals surface area contributed by atoms with Gasteiger partial charge in [0.05, 0.1) is 30.0 Å². The van der Waals surface area contributed by atoms with E-state index in [4.69, 9.17) is 16.3 Å². The van der Waals surface area contributed by atoms with E-state index in [9.17, 15) is 4.79 Å². The predicted octanol–water partition coefficient (Wildman–Crippen LogP) is 1.70. The molecule has 1 amide bonds. The zero-order valence-corrected chi connectivity index (χ0v) is 11.6. The number of hydrogen-bond donors (Lipinski definition) is 0. The number of nitrogens with zero attached hydrogens (tertiary/aromatic N) is 3. The fraction of sp³-hybridized carbons (Fsp3) is 0.538. The third-order valence-electron chi connectivity index (χ3n) is 3.63. The summed E-state index contributed by atoms with van der Waals surface area (Å²) in [5.74, 6) is 0.804. The van der Waals surface area contributed by atoms with Gasteiger partial charge in [-0.15, -0.1) is 0 Å². The van der Waals surface area contributed by atoms with E-state index in [2.05, 4.69) is 9.88 Å². The highest BCUT2D eigenvalue weighted by Gasteiger charge is 2.34. The Kier molecular flexibility index (Phi) is 3.33. The lowest BCUT2D eigenvalue weighted by Gasteiger charge is -2.35. The quantitative estimate of drug-likeness (QED) is 0.786. The Bertz CT molecular complexity index is 509. The Morgan fingerprint density at radius 1 is 1.58 bits per heavy atom. The van der Waals surface area contributed by atoms with Crippen LogP contribution in [0, 0.1) is 0 Å². The van der Waals surface area contributed by atoms with Gasteiger partial charge in [-0.05, 0) is 13.0 Å². The van der Waals surface area contributed by atoms with E-state index in [1.807, 2.05) is 13.0 Å². The number of ether oxygens (including phenoxy) is 1. The van der Waals surface area contributed by atoms with Gasteiger partial charge in [0.25, 0.3) is 0 Å². The highest BCUT2D eigenvalue weighted by atomic mass is 35.5. The van der Waals surface area contributed by atoms with Gasteiger partial charge in [-0.25, -0.2) is 4.98 Å². The molecule has 2 aliphatic rings. The molecule has 0 aliphatic carbocycles. The maximum Gasteiger partial charge on any atom is 0.230 e. The average Bonchev–Trinajstić information content (AvgIpc) is 2.52. The van der Waals surface area contributed by atoms with E-state index in [1.54, 1.807) is 11.1 Å². The standard InChI is InChI=1S/C13H16ClN3O2/c1-2-16-12(18)6-10-8-19-4-3-17(10)11-5-9(14)7-15-13(11)16/h5,7,10H,2-4,6,8H2,1H3/t10-/m1/s1. The number of amides is 1. The van der Waals surface area contributed by atoms with Gasteiger partial charge in [0.1, 0.15) is 0 Å². The van der Waals surface area contributed by atoms with Crippen molar-refractivity contribution in [3.8, 4) is 0 Å². The number of aromatic nitrogens is 1. The number of halogens is 1. The van der Waals surface area contributed by atoms with E-state index < -0.39 is 0 Å². The van der Waals surface area contributed by atoms with Crippen molar-refractivity contribution in [1.29, 1.82) is 0 Å². The zero-order valence-electron chi connectivity index (χ0n) is 10.8. The van der Waals surface area contributed by atoms with E-state index in [1.165, 1.54) is 0 Å². The van der Waals surface area contributed by atoms with Crippen molar-refractivity contribution in [1.82, 2.24) is 4.98 Å². The second-order valence-corrected chi connectivity index (χ2v) is 5.20. The Morgan fingerprint density at radius 3 is 3.21 bits per heavy atom. The SMILES string of the molecule is CCN1C(=O)C[C@@H]2COCCN2c2cc(Cl)cnc21. The first-order valence-electron chi connectivity index (χ1n) is 6.51. The van der Waals surface area contributed by atoms with Crippen molar-refractivity contribution < 1.29 is 9.53 Å². The van der Waals surface area contributed by atoms with Crippen LogP contribution in [0.25, 0.3) is 0 Å². The molecule has 5 nitrogen and oxygen atoms in total. The smallest absolute Gasteiger partial charge is 0.230 e. The summed E-state index contributed by atoms with van der Waals surface area (Å²) in [5.41, 5.74) is 0.938. The summed E-state index contributed by atoms with van der Waals surface area (Å²) in [4.78, 5) is 20.6. The van der Waals surface area contributed by atoms with Gasteiger partial charge in [0.15, 0.2) is 5.82 Å². The molecule has 102 valence electrons. The lowest BCUT2D eigenvalue weighted by atomic mass is 10.1. The predicted molar refractivity (Wildman–Crippen MR) is 73.8 cm³/mol. The Labute approximate surface area is 117 Å². The molecule has 0 saturated carbocycles. The summed E-state index contributed by atoms with van der Waals surface area (Å²) < 4.78 is 5.49. The normalized spacial score (nSPS) is 22.8. The molecule has 0 spiro atoms. The van der Waals surface area contributed by atoms with Crippen LogP contribution in [0.5, 0.6) is 0 Å². The molecule has 3 heterocycles. The average molecular weight is 282 g/mol. The van der Waals surface area contributed by atoms with Crippen molar-refractivity contribution in [2.45, 2.75) is 19.4 Å². The van der Waals surface area contributed by atoms with Crippen LogP contribution in [0.4, 0.5) is 11.5 Å². The van der Waals surface area contributed by atoms with Gasteiger partial charge in [-0.1, -0.05) is 11.6 Å². The number of rotatable bonds is 1. The van der Waals surface area contributed by atoms with Crippen LogP contribution in [-0.4, -0.2) is 43.2 Å². The fourth-order valence-corrected chi connectivity index (χ4v) is 2.89. The highest BCUT2D eigenvalue weighted by molar-refractivity contribution is 6.30. The van der Waals surface area contributed by atoms with Crippen LogP contribution >= 0.6 is 11.6 Å². The van der Waals surface area contributed by atoms with Crippen LogP contribution in [0.15, 0.2) is 12.3 Å². The number of carbonyl (C=O) groups excluding carboxylic acids is 1. The van der Waals surface area contributed by atoms with Gasteiger partial charge in [0, 0.05) is 25.7 Å². The van der Waals surface area contributed by atoms with Gasteiger partial charge >= 0.3 is 0 Å². The topological polar surface area (TPSA) is 45.7 Å². The van der Waals surface area contributed by atoms with Gasteiger partial charge in [0.2, 0.25) is 5.91 Å². The van der Waals surface area contributed by atoms with Crippen molar-refractivity contribution in [3.63, 3.8) is 0 Å². The van der Waals surface area contributed by atoms with Crippen molar-refractivity contribution in [2.75, 3.05) is 36.1 Å². The fourth-order valence-electron chi connectivity index (χ4n) is 2.74. The summed E-state index contributed by atoms with van der Waals surface area (Å²) in [6, 6.07) is 1.97. The molecule has 1 saturated heterocycles. The van der Waals surface area contributed by atoms with Gasteiger partial charge < -0.3 is 9.64 Å². The maximum atomic E-state index is 12.3. The Balaban J connectivity index is 2.12.